The van der Waals surface area contributed by atoms with Crippen molar-refractivity contribution < 1.29 is 0 Å². The van der Waals surface area contributed by atoms with Crippen LogP contribution in [0, 0.1) is 0 Å². The van der Waals surface area contributed by atoms with Crippen LogP contribution in [0.3, 0.4) is 0 Å². The topological polar surface area (TPSA) is 28.6 Å². The minimum Gasteiger partial charge on any atom is -0.352 e. The van der Waals surface area contributed by atoms with E-state index in [1.54, 1.807) is 0 Å². The number of aliphatic imine (C=N–C) groups is 1. The van der Waals surface area contributed by atoms with Crippen molar-refractivity contribution in [1.82, 2.24) is 19.6 Å². The predicted octanol–water partition coefficient (Wildman–Crippen LogP) is 6.58. The molecule has 2 atom stereocenters. The standard InChI is InChI=1S/C34H47ClN6S/c1-4-42-31-15-13-29(14-16-31)41-25-32(27-9-11-28(35)12-10-27)33(36-34(41)39-22-20-38(21-23-39)26(2)3)40-19-7-8-30(40)24-37-17-5-6-18-37/h9-16,25-26,30,34H,4-8,17-24H2,1-3H3/t30?,34-/m0/s1. The smallest absolute Gasteiger partial charge is 0.184 e. The van der Waals surface area contributed by atoms with E-state index in [4.69, 9.17) is 16.6 Å². The Balaban J connectivity index is 1.39. The van der Waals surface area contributed by atoms with Crippen molar-refractivity contribution in [2.24, 2.45) is 4.99 Å². The van der Waals surface area contributed by atoms with E-state index in [-0.39, 0.29) is 6.29 Å². The largest absolute Gasteiger partial charge is 0.352 e. The molecule has 0 N–H and O–H groups in total. The van der Waals surface area contributed by atoms with Crippen molar-refractivity contribution in [2.75, 3.05) is 63.0 Å². The predicted molar refractivity (Wildman–Crippen MR) is 180 cm³/mol. The monoisotopic (exact) mass is 606 g/mol. The molecule has 0 aromatic heterocycles. The maximum absolute atomic E-state index is 6.37. The van der Waals surface area contributed by atoms with Crippen molar-refractivity contribution >= 4 is 40.5 Å². The first-order valence-electron chi connectivity index (χ1n) is 16.0. The molecule has 0 radical (unpaired) electrons. The number of rotatable bonds is 8. The Labute approximate surface area is 262 Å². The fourth-order valence-corrected chi connectivity index (χ4v) is 7.75. The lowest BCUT2D eigenvalue weighted by Gasteiger charge is -2.45. The summed E-state index contributed by atoms with van der Waals surface area (Å²) in [7, 11) is 0. The third kappa shape index (κ3) is 6.71. The first-order chi connectivity index (χ1) is 20.5. The quantitative estimate of drug-likeness (QED) is 0.315. The van der Waals surface area contributed by atoms with Crippen LogP contribution in [0.25, 0.3) is 5.57 Å². The molecule has 0 aliphatic carbocycles. The summed E-state index contributed by atoms with van der Waals surface area (Å²) in [5.41, 5.74) is 3.57. The molecule has 4 aliphatic heterocycles. The Morgan fingerprint density at radius 2 is 1.60 bits per heavy atom. The van der Waals surface area contributed by atoms with Gasteiger partial charge in [-0.15, -0.1) is 11.8 Å². The number of piperazine rings is 1. The van der Waals surface area contributed by atoms with Crippen LogP contribution in [0.1, 0.15) is 52.0 Å². The van der Waals surface area contributed by atoms with E-state index in [9.17, 15) is 0 Å². The van der Waals surface area contributed by atoms with E-state index in [2.05, 4.69) is 87.9 Å². The van der Waals surface area contributed by atoms with Crippen LogP contribution in [-0.4, -0.2) is 102 Å². The fraction of sp³-hybridized carbons (Fsp3) is 0.559. The molecule has 4 aliphatic rings. The number of nitrogens with zero attached hydrogens (tertiary/aromatic N) is 6. The van der Waals surface area contributed by atoms with Crippen molar-refractivity contribution in [3.8, 4) is 0 Å². The highest BCUT2D eigenvalue weighted by Crippen LogP contribution is 2.35. The van der Waals surface area contributed by atoms with Crippen LogP contribution in [-0.2, 0) is 0 Å². The lowest BCUT2D eigenvalue weighted by molar-refractivity contribution is 0.0811. The average Bonchev–Trinajstić information content (AvgIpc) is 3.70. The molecule has 4 heterocycles. The van der Waals surface area contributed by atoms with Crippen molar-refractivity contribution in [3.05, 3.63) is 65.3 Å². The Kier molecular flexibility index (Phi) is 9.81. The minimum atomic E-state index is -0.0666. The molecule has 6 rings (SSSR count). The zero-order valence-electron chi connectivity index (χ0n) is 25.6. The number of likely N-dealkylation sites (tertiary alicyclic amines) is 2. The highest BCUT2D eigenvalue weighted by atomic mass is 35.5. The van der Waals surface area contributed by atoms with Gasteiger partial charge >= 0.3 is 0 Å². The average molecular weight is 607 g/mol. The summed E-state index contributed by atoms with van der Waals surface area (Å²) in [4.78, 5) is 20.0. The van der Waals surface area contributed by atoms with Gasteiger partial charge in [-0.1, -0.05) is 30.7 Å². The molecule has 6 nitrogen and oxygen atoms in total. The van der Waals surface area contributed by atoms with Gasteiger partial charge in [0.05, 0.1) is 0 Å². The summed E-state index contributed by atoms with van der Waals surface area (Å²) >= 11 is 8.26. The number of anilines is 1. The molecule has 0 amide bonds. The zero-order chi connectivity index (χ0) is 29.1. The molecule has 0 spiro atoms. The van der Waals surface area contributed by atoms with Crippen LogP contribution in [0.15, 0.2) is 64.6 Å². The normalized spacial score (nSPS) is 24.5. The van der Waals surface area contributed by atoms with Crippen LogP contribution in [0.4, 0.5) is 5.69 Å². The summed E-state index contributed by atoms with van der Waals surface area (Å²) in [5, 5.41) is 0.767. The molecular weight excluding hydrogens is 560 g/mol. The van der Waals surface area contributed by atoms with Crippen LogP contribution < -0.4 is 4.90 Å². The van der Waals surface area contributed by atoms with Crippen LogP contribution in [0.5, 0.6) is 0 Å². The Hall–Kier alpha value is -2.03. The van der Waals surface area contributed by atoms with E-state index in [0.717, 1.165) is 55.9 Å². The molecule has 226 valence electrons. The minimum absolute atomic E-state index is 0.0666. The molecule has 2 aromatic carbocycles. The number of halogens is 1. The lowest BCUT2D eigenvalue weighted by atomic mass is 10.0. The second-order valence-corrected chi connectivity index (χ2v) is 14.1. The van der Waals surface area contributed by atoms with Crippen molar-refractivity contribution in [3.63, 3.8) is 0 Å². The number of hydrogen-bond acceptors (Lipinski definition) is 7. The van der Waals surface area contributed by atoms with Gasteiger partial charge in [-0.3, -0.25) is 9.80 Å². The van der Waals surface area contributed by atoms with Gasteiger partial charge in [-0.05, 0) is 100 Å². The van der Waals surface area contributed by atoms with Gasteiger partial charge in [0, 0.05) is 78.7 Å². The number of hydrogen-bond donors (Lipinski definition) is 0. The first kappa shape index (κ1) is 30.0. The number of thioether (sulfide) groups is 1. The fourth-order valence-electron chi connectivity index (χ4n) is 6.97. The molecule has 2 aromatic rings. The third-order valence-corrected chi connectivity index (χ3v) is 10.5. The summed E-state index contributed by atoms with van der Waals surface area (Å²) in [5.74, 6) is 2.24. The van der Waals surface area contributed by atoms with Gasteiger partial charge in [-0.25, -0.2) is 4.99 Å². The molecule has 42 heavy (non-hydrogen) atoms. The van der Waals surface area contributed by atoms with E-state index in [1.807, 2.05) is 23.9 Å². The molecular formula is C34H47ClN6S. The van der Waals surface area contributed by atoms with E-state index in [1.165, 1.54) is 60.5 Å². The summed E-state index contributed by atoms with van der Waals surface area (Å²) in [6.45, 7) is 15.7. The van der Waals surface area contributed by atoms with E-state index < -0.39 is 0 Å². The van der Waals surface area contributed by atoms with Gasteiger partial charge in [0.1, 0.15) is 5.84 Å². The zero-order valence-corrected chi connectivity index (χ0v) is 27.2. The van der Waals surface area contributed by atoms with Gasteiger partial charge in [-0.2, -0.15) is 0 Å². The molecule has 3 fully saturated rings. The van der Waals surface area contributed by atoms with Crippen molar-refractivity contribution in [2.45, 2.75) is 69.7 Å². The first-order valence-corrected chi connectivity index (χ1v) is 17.4. The molecule has 0 bridgehead atoms. The molecule has 8 heteroatoms. The Morgan fingerprint density at radius 3 is 2.26 bits per heavy atom. The number of amidine groups is 1. The van der Waals surface area contributed by atoms with Gasteiger partial charge in [0.25, 0.3) is 0 Å². The lowest BCUT2D eigenvalue weighted by Crippen LogP contribution is -2.57. The summed E-state index contributed by atoms with van der Waals surface area (Å²) in [6, 6.07) is 18.5. The Bertz CT molecular complexity index is 1230. The third-order valence-electron chi connectivity index (χ3n) is 9.32. The second-order valence-electron chi connectivity index (χ2n) is 12.3. The van der Waals surface area contributed by atoms with Gasteiger partial charge in [0.15, 0.2) is 6.29 Å². The maximum atomic E-state index is 6.37. The van der Waals surface area contributed by atoms with Crippen LogP contribution >= 0.6 is 23.4 Å². The van der Waals surface area contributed by atoms with E-state index >= 15 is 0 Å². The summed E-state index contributed by atoms with van der Waals surface area (Å²) in [6.07, 6.45) is 7.45. The second kappa shape index (κ2) is 13.7. The molecule has 3 saturated heterocycles. The highest BCUT2D eigenvalue weighted by Gasteiger charge is 2.37. The summed E-state index contributed by atoms with van der Waals surface area (Å²) < 4.78 is 0. The highest BCUT2D eigenvalue weighted by molar-refractivity contribution is 7.99. The van der Waals surface area contributed by atoms with E-state index in [0.29, 0.717) is 12.1 Å². The SMILES string of the molecule is CCSc1ccc(N2C=C(c3ccc(Cl)cc3)C(N3CCCC3CN3CCCC3)=N[C@H]2N2CCN(C(C)C)CC2)cc1. The van der Waals surface area contributed by atoms with Gasteiger partial charge in [0.2, 0.25) is 0 Å². The van der Waals surface area contributed by atoms with Crippen LogP contribution in [0.2, 0.25) is 5.02 Å². The Morgan fingerprint density at radius 1 is 0.881 bits per heavy atom. The molecule has 1 unspecified atom stereocenters. The maximum Gasteiger partial charge on any atom is 0.184 e. The molecule has 0 saturated carbocycles. The van der Waals surface area contributed by atoms with Crippen molar-refractivity contribution in [1.29, 1.82) is 0 Å². The number of benzene rings is 2. The van der Waals surface area contributed by atoms with Gasteiger partial charge < -0.3 is 14.7 Å².